The van der Waals surface area contributed by atoms with E-state index >= 15 is 0 Å². The van der Waals surface area contributed by atoms with Crippen molar-refractivity contribution in [3.05, 3.63) is 42.0 Å². The number of nitrogens with two attached hydrogens (primary N) is 2. The largest absolute Gasteiger partial charge is 0.508 e. The van der Waals surface area contributed by atoms with Crippen LogP contribution >= 0.6 is 37.2 Å². The van der Waals surface area contributed by atoms with Crippen LogP contribution in [0.4, 0.5) is 17.1 Å². The third-order valence-electron chi connectivity index (χ3n) is 2.59. The second-order valence-electron chi connectivity index (χ2n) is 4.02. The lowest BCUT2D eigenvalue weighted by Crippen LogP contribution is -2.01. The molecule has 118 valence electrons. The molecule has 7 N–H and O–H groups in total. The average Bonchev–Trinajstić information content (AvgIpc) is 2.34. The summed E-state index contributed by atoms with van der Waals surface area (Å²) in [6.07, 6.45) is 0. The van der Waals surface area contributed by atoms with Gasteiger partial charge in [0.25, 0.3) is 0 Å². The van der Waals surface area contributed by atoms with E-state index in [1.165, 1.54) is 12.1 Å². The van der Waals surface area contributed by atoms with E-state index in [4.69, 9.17) is 11.5 Å². The molecule has 2 aromatic rings. The summed E-state index contributed by atoms with van der Waals surface area (Å²) in [5, 5.41) is 22.3. The molecule has 0 bridgehead atoms. The van der Waals surface area contributed by atoms with E-state index in [2.05, 4.69) is 5.32 Å². The fraction of sp³-hybridized carbons (Fsp3) is 0.0769. The first-order valence-electron chi connectivity index (χ1n) is 5.46. The van der Waals surface area contributed by atoms with E-state index in [9.17, 15) is 10.2 Å². The molecule has 0 unspecified atom stereocenters. The molecule has 0 aliphatic heterocycles. The highest BCUT2D eigenvalue weighted by Gasteiger charge is 2.04. The zero-order chi connectivity index (χ0) is 13.1. The standard InChI is InChI=1S/C13H15N3O2.3ClH/c14-9-1-3-12(17)8(5-9)7-16-11-6-10(15)2-4-13(11)18;;;/h1-6,16-18H,7,14-15H2;3*1H. The van der Waals surface area contributed by atoms with Crippen LogP contribution in [-0.2, 0) is 6.54 Å². The van der Waals surface area contributed by atoms with Crippen molar-refractivity contribution in [2.75, 3.05) is 16.8 Å². The van der Waals surface area contributed by atoms with Gasteiger partial charge in [-0.15, -0.1) is 37.2 Å². The van der Waals surface area contributed by atoms with Crippen LogP contribution in [0, 0.1) is 0 Å². The lowest BCUT2D eigenvalue weighted by Gasteiger charge is -2.11. The summed E-state index contributed by atoms with van der Waals surface area (Å²) in [5.74, 6) is 0.257. The third kappa shape index (κ3) is 5.67. The van der Waals surface area contributed by atoms with Gasteiger partial charge in [0, 0.05) is 23.5 Å². The number of halogens is 3. The molecule has 0 aromatic heterocycles. The number of hydrogen-bond donors (Lipinski definition) is 5. The molecular formula is C13H18Cl3N3O2. The Kier molecular flexibility index (Phi) is 9.55. The maximum Gasteiger partial charge on any atom is 0.138 e. The Hall–Kier alpha value is -1.69. The Bertz CT molecular complexity index is 531. The van der Waals surface area contributed by atoms with Crippen LogP contribution in [0.25, 0.3) is 0 Å². The van der Waals surface area contributed by atoms with Gasteiger partial charge in [0.05, 0.1) is 5.69 Å². The molecular weight excluding hydrogens is 337 g/mol. The Balaban J connectivity index is 0. The molecule has 2 rings (SSSR count). The first-order valence-corrected chi connectivity index (χ1v) is 5.46. The molecule has 0 aliphatic carbocycles. The van der Waals surface area contributed by atoms with Gasteiger partial charge in [-0.05, 0) is 36.4 Å². The maximum atomic E-state index is 9.65. The number of anilines is 3. The van der Waals surface area contributed by atoms with Gasteiger partial charge in [-0.3, -0.25) is 0 Å². The molecule has 0 spiro atoms. The quantitative estimate of drug-likeness (QED) is 0.331. The molecule has 0 saturated carbocycles. The Morgan fingerprint density at radius 3 is 1.95 bits per heavy atom. The zero-order valence-corrected chi connectivity index (χ0v) is 13.4. The van der Waals surface area contributed by atoms with Gasteiger partial charge in [-0.25, -0.2) is 0 Å². The number of aromatic hydroxyl groups is 2. The summed E-state index contributed by atoms with van der Waals surface area (Å²) in [6, 6.07) is 9.57. The van der Waals surface area contributed by atoms with E-state index in [1.807, 2.05) is 0 Å². The molecule has 0 fully saturated rings. The van der Waals surface area contributed by atoms with Gasteiger partial charge in [0.1, 0.15) is 11.5 Å². The van der Waals surface area contributed by atoms with Gasteiger partial charge in [0.2, 0.25) is 0 Å². The predicted molar refractivity (Wildman–Crippen MR) is 94.1 cm³/mol. The Morgan fingerprint density at radius 1 is 0.810 bits per heavy atom. The molecule has 0 amide bonds. The molecule has 0 radical (unpaired) electrons. The molecule has 5 nitrogen and oxygen atoms in total. The molecule has 2 aromatic carbocycles. The van der Waals surface area contributed by atoms with Crippen LogP contribution in [0.5, 0.6) is 11.5 Å². The van der Waals surface area contributed by atoms with Crippen molar-refractivity contribution in [2.24, 2.45) is 0 Å². The highest BCUT2D eigenvalue weighted by atomic mass is 35.5. The zero-order valence-electron chi connectivity index (χ0n) is 10.9. The summed E-state index contributed by atoms with van der Waals surface area (Å²) < 4.78 is 0. The molecule has 0 aliphatic rings. The molecule has 0 atom stereocenters. The van der Waals surface area contributed by atoms with Crippen molar-refractivity contribution < 1.29 is 10.2 Å². The topological polar surface area (TPSA) is 105 Å². The number of rotatable bonds is 3. The molecule has 8 heteroatoms. The summed E-state index contributed by atoms with van der Waals surface area (Å²) in [4.78, 5) is 0. The second kappa shape index (κ2) is 9.28. The Morgan fingerprint density at radius 2 is 1.33 bits per heavy atom. The number of phenols is 2. The summed E-state index contributed by atoms with van der Waals surface area (Å²) in [6.45, 7) is 0.341. The number of benzene rings is 2. The SMILES string of the molecule is Cl.Cl.Cl.Nc1ccc(O)c(CNc2cc(N)ccc2O)c1. The molecule has 0 saturated heterocycles. The van der Waals surface area contributed by atoms with Crippen molar-refractivity contribution in [2.45, 2.75) is 6.54 Å². The van der Waals surface area contributed by atoms with Gasteiger partial charge in [-0.2, -0.15) is 0 Å². The minimum atomic E-state index is 0. The number of hydrogen-bond acceptors (Lipinski definition) is 5. The van der Waals surface area contributed by atoms with Crippen LogP contribution in [0.3, 0.4) is 0 Å². The van der Waals surface area contributed by atoms with Crippen LogP contribution in [0.2, 0.25) is 0 Å². The number of phenolic OH excluding ortho intramolecular Hbond substituents is 2. The smallest absolute Gasteiger partial charge is 0.138 e. The van der Waals surface area contributed by atoms with Crippen molar-refractivity contribution in [3.8, 4) is 11.5 Å². The summed E-state index contributed by atoms with van der Waals surface area (Å²) in [5.41, 5.74) is 13.6. The van der Waals surface area contributed by atoms with E-state index < -0.39 is 0 Å². The fourth-order valence-corrected chi connectivity index (χ4v) is 1.63. The van der Waals surface area contributed by atoms with Crippen LogP contribution in [-0.4, -0.2) is 10.2 Å². The first kappa shape index (κ1) is 21.6. The van der Waals surface area contributed by atoms with Crippen LogP contribution in [0.15, 0.2) is 36.4 Å². The highest BCUT2D eigenvalue weighted by Crippen LogP contribution is 2.27. The fourth-order valence-electron chi connectivity index (χ4n) is 1.63. The lowest BCUT2D eigenvalue weighted by molar-refractivity contribution is 0.468. The minimum Gasteiger partial charge on any atom is -0.508 e. The third-order valence-corrected chi connectivity index (χ3v) is 2.59. The first-order chi connectivity index (χ1) is 8.56. The lowest BCUT2D eigenvalue weighted by atomic mass is 10.1. The van der Waals surface area contributed by atoms with Crippen LogP contribution < -0.4 is 16.8 Å². The van der Waals surface area contributed by atoms with E-state index in [-0.39, 0.29) is 48.7 Å². The van der Waals surface area contributed by atoms with Gasteiger partial charge < -0.3 is 27.0 Å². The van der Waals surface area contributed by atoms with Crippen molar-refractivity contribution >= 4 is 54.3 Å². The van der Waals surface area contributed by atoms with Gasteiger partial charge in [0.15, 0.2) is 0 Å². The molecule has 21 heavy (non-hydrogen) atoms. The monoisotopic (exact) mass is 353 g/mol. The van der Waals surface area contributed by atoms with Crippen LogP contribution in [0.1, 0.15) is 5.56 Å². The number of nitrogen functional groups attached to an aromatic ring is 2. The summed E-state index contributed by atoms with van der Waals surface area (Å²) >= 11 is 0. The van der Waals surface area contributed by atoms with Gasteiger partial charge in [-0.1, -0.05) is 0 Å². The van der Waals surface area contributed by atoms with Gasteiger partial charge >= 0.3 is 0 Å². The van der Waals surface area contributed by atoms with E-state index in [0.29, 0.717) is 29.2 Å². The minimum absolute atomic E-state index is 0. The highest BCUT2D eigenvalue weighted by molar-refractivity contribution is 5.86. The van der Waals surface area contributed by atoms with Crippen molar-refractivity contribution in [1.29, 1.82) is 0 Å². The van der Waals surface area contributed by atoms with Crippen molar-refractivity contribution in [3.63, 3.8) is 0 Å². The maximum absolute atomic E-state index is 9.65. The van der Waals surface area contributed by atoms with Crippen molar-refractivity contribution in [1.82, 2.24) is 0 Å². The average molecular weight is 355 g/mol. The molecule has 0 heterocycles. The van der Waals surface area contributed by atoms with E-state index in [0.717, 1.165) is 0 Å². The predicted octanol–water partition coefficient (Wildman–Crippen LogP) is 3.14. The normalized spacial score (nSPS) is 8.76. The summed E-state index contributed by atoms with van der Waals surface area (Å²) in [7, 11) is 0. The second-order valence-corrected chi connectivity index (χ2v) is 4.02. The Labute approximate surface area is 141 Å². The van der Waals surface area contributed by atoms with E-state index in [1.54, 1.807) is 24.3 Å². The number of nitrogens with one attached hydrogen (secondary N) is 1.